The van der Waals surface area contributed by atoms with Crippen molar-refractivity contribution in [2.24, 2.45) is 5.73 Å². The highest BCUT2D eigenvalue weighted by molar-refractivity contribution is 7.69. The number of nitrogens with two attached hydrogens (primary N) is 1. The smallest absolute Gasteiger partial charge is 0.328 e. The van der Waals surface area contributed by atoms with Crippen LogP contribution < -0.4 is 5.73 Å². The monoisotopic (exact) mass is 275 g/mol. The fourth-order valence-electron chi connectivity index (χ4n) is 1.37. The van der Waals surface area contributed by atoms with Crippen molar-refractivity contribution in [3.05, 3.63) is 0 Å². The lowest BCUT2D eigenvalue weighted by Gasteiger charge is -2.15. The standard InChI is InChI=1S/C6H13N.CH6O6P2/c7-6-4-2-1-3-5-6;2-8(3,4)1-9(5,6)7/h6H,1-5,7H2;1H2,(H2,2,3,4)(H2,5,6,7). The molecule has 0 unspecified atom stereocenters. The second-order valence-electron chi connectivity index (χ2n) is 3.87. The molecule has 0 atom stereocenters. The van der Waals surface area contributed by atoms with Crippen molar-refractivity contribution in [2.75, 3.05) is 5.90 Å². The third-order valence-electron chi connectivity index (χ3n) is 2.02. The summed E-state index contributed by atoms with van der Waals surface area (Å²) in [6.45, 7) is 0. The maximum absolute atomic E-state index is 9.85. The molecule has 1 rings (SSSR count). The zero-order valence-electron chi connectivity index (χ0n) is 8.90. The first-order chi connectivity index (χ1) is 7.10. The largest absolute Gasteiger partial charge is 0.337 e. The van der Waals surface area contributed by atoms with Gasteiger partial charge in [0.25, 0.3) is 0 Å². The Morgan fingerprint density at radius 2 is 1.31 bits per heavy atom. The summed E-state index contributed by atoms with van der Waals surface area (Å²) in [5.41, 5.74) is 5.63. The van der Waals surface area contributed by atoms with E-state index < -0.39 is 21.1 Å². The van der Waals surface area contributed by atoms with Crippen LogP contribution in [0.4, 0.5) is 0 Å². The van der Waals surface area contributed by atoms with E-state index in [0.29, 0.717) is 6.04 Å². The van der Waals surface area contributed by atoms with Crippen LogP contribution in [0.25, 0.3) is 0 Å². The molecule has 6 N–H and O–H groups in total. The number of hydrogen-bond acceptors (Lipinski definition) is 3. The van der Waals surface area contributed by atoms with Gasteiger partial charge in [0, 0.05) is 6.04 Å². The molecule has 1 fully saturated rings. The normalized spacial score (nSPS) is 18.8. The van der Waals surface area contributed by atoms with Gasteiger partial charge >= 0.3 is 15.2 Å². The van der Waals surface area contributed by atoms with Crippen LogP contribution in [0.1, 0.15) is 32.1 Å². The fraction of sp³-hybridized carbons (Fsp3) is 1.00. The lowest BCUT2D eigenvalue weighted by atomic mass is 9.97. The van der Waals surface area contributed by atoms with Gasteiger partial charge in [-0.1, -0.05) is 19.3 Å². The molecule has 16 heavy (non-hydrogen) atoms. The average molecular weight is 275 g/mol. The van der Waals surface area contributed by atoms with Gasteiger partial charge in [-0.05, 0) is 12.8 Å². The minimum atomic E-state index is -4.55. The van der Waals surface area contributed by atoms with Gasteiger partial charge in [0.2, 0.25) is 0 Å². The minimum Gasteiger partial charge on any atom is -0.328 e. The molecule has 0 aromatic heterocycles. The highest BCUT2D eigenvalue weighted by Crippen LogP contribution is 2.51. The quantitative estimate of drug-likeness (QED) is 0.464. The summed E-state index contributed by atoms with van der Waals surface area (Å²) in [6.07, 6.45) is 6.66. The molecule has 0 aliphatic heterocycles. The number of rotatable bonds is 2. The second-order valence-corrected chi connectivity index (χ2v) is 7.66. The van der Waals surface area contributed by atoms with E-state index in [-0.39, 0.29) is 0 Å². The van der Waals surface area contributed by atoms with Crippen molar-refractivity contribution < 1.29 is 28.7 Å². The molecule has 0 radical (unpaired) electrons. The van der Waals surface area contributed by atoms with E-state index in [1.807, 2.05) is 0 Å². The summed E-state index contributed by atoms with van der Waals surface area (Å²) in [4.78, 5) is 31.9. The molecule has 1 aliphatic carbocycles. The SMILES string of the molecule is NC1CCCCC1.O=P(O)(O)CP(=O)(O)O. The van der Waals surface area contributed by atoms with Gasteiger partial charge in [-0.3, -0.25) is 9.13 Å². The summed E-state index contributed by atoms with van der Waals surface area (Å²) in [5, 5.41) is 0. The first kappa shape index (κ1) is 16.3. The highest BCUT2D eigenvalue weighted by atomic mass is 31.2. The molecule has 0 amide bonds. The molecule has 0 heterocycles. The van der Waals surface area contributed by atoms with Crippen molar-refractivity contribution >= 4 is 15.2 Å². The lowest BCUT2D eigenvalue weighted by Crippen LogP contribution is -2.22. The molecule has 98 valence electrons. The van der Waals surface area contributed by atoms with Crippen LogP contribution in [0, 0.1) is 0 Å². The van der Waals surface area contributed by atoms with Gasteiger partial charge in [-0.2, -0.15) is 0 Å². The Labute approximate surface area is 94.4 Å². The maximum Gasteiger partial charge on any atom is 0.337 e. The van der Waals surface area contributed by atoms with Gasteiger partial charge < -0.3 is 25.3 Å². The van der Waals surface area contributed by atoms with Gasteiger partial charge in [0.1, 0.15) is 0 Å². The van der Waals surface area contributed by atoms with Crippen molar-refractivity contribution in [3.8, 4) is 0 Å². The molecule has 7 nitrogen and oxygen atoms in total. The third kappa shape index (κ3) is 12.3. The zero-order chi connectivity index (χ0) is 12.8. The van der Waals surface area contributed by atoms with Crippen molar-refractivity contribution in [1.82, 2.24) is 0 Å². The maximum atomic E-state index is 9.85. The predicted octanol–water partition coefficient (Wildman–Crippen LogP) is 0.577. The molecule has 1 aliphatic rings. The molecule has 0 aromatic rings. The number of hydrogen-bond donors (Lipinski definition) is 5. The van der Waals surface area contributed by atoms with E-state index in [9.17, 15) is 9.13 Å². The van der Waals surface area contributed by atoms with Crippen LogP contribution in [0.2, 0.25) is 0 Å². The summed E-state index contributed by atoms with van der Waals surface area (Å²) >= 11 is 0. The Kier molecular flexibility index (Phi) is 6.98. The molecule has 1 saturated carbocycles. The predicted molar refractivity (Wildman–Crippen MR) is 60.0 cm³/mol. The third-order valence-corrected chi connectivity index (χ3v) is 4.97. The van der Waals surface area contributed by atoms with Crippen molar-refractivity contribution in [3.63, 3.8) is 0 Å². The average Bonchev–Trinajstić information content (AvgIpc) is 1.99. The van der Waals surface area contributed by atoms with Gasteiger partial charge in [-0.25, -0.2) is 0 Å². The van der Waals surface area contributed by atoms with Crippen LogP contribution in [-0.2, 0) is 9.13 Å². The molecule has 0 spiro atoms. The Morgan fingerprint density at radius 3 is 1.44 bits per heavy atom. The topological polar surface area (TPSA) is 141 Å². The lowest BCUT2D eigenvalue weighted by molar-refractivity contribution is 0.357. The summed E-state index contributed by atoms with van der Waals surface area (Å²) in [5.74, 6) is -1.38. The Bertz CT molecular complexity index is 259. The molecule has 9 heteroatoms. The van der Waals surface area contributed by atoms with Gasteiger partial charge in [-0.15, -0.1) is 0 Å². The van der Waals surface area contributed by atoms with E-state index in [4.69, 9.17) is 25.3 Å². The van der Waals surface area contributed by atoms with E-state index in [1.54, 1.807) is 0 Å². The zero-order valence-corrected chi connectivity index (χ0v) is 10.7. The van der Waals surface area contributed by atoms with Crippen LogP contribution in [0.5, 0.6) is 0 Å². The van der Waals surface area contributed by atoms with Crippen molar-refractivity contribution in [1.29, 1.82) is 0 Å². The first-order valence-electron chi connectivity index (χ1n) is 4.95. The van der Waals surface area contributed by atoms with Gasteiger partial charge in [0.15, 0.2) is 5.90 Å². The summed E-state index contributed by atoms with van der Waals surface area (Å²) in [7, 11) is -9.10. The van der Waals surface area contributed by atoms with Crippen LogP contribution in [-0.4, -0.2) is 31.5 Å². The Balaban J connectivity index is 0.000000288. The minimum absolute atomic E-state index is 0.536. The molecule has 0 saturated heterocycles. The van der Waals surface area contributed by atoms with Gasteiger partial charge in [0.05, 0.1) is 0 Å². The molecular formula is C7H19NO6P2. The van der Waals surface area contributed by atoms with E-state index in [0.717, 1.165) is 0 Å². The Morgan fingerprint density at radius 1 is 0.938 bits per heavy atom. The highest BCUT2D eigenvalue weighted by Gasteiger charge is 2.26. The molecular weight excluding hydrogens is 256 g/mol. The molecule has 0 bridgehead atoms. The van der Waals surface area contributed by atoms with Crippen LogP contribution >= 0.6 is 15.2 Å². The fourth-order valence-corrected chi connectivity index (χ4v) is 3.29. The van der Waals surface area contributed by atoms with Crippen LogP contribution in [0.15, 0.2) is 0 Å². The van der Waals surface area contributed by atoms with E-state index in [2.05, 4.69) is 0 Å². The van der Waals surface area contributed by atoms with E-state index >= 15 is 0 Å². The summed E-state index contributed by atoms with van der Waals surface area (Å²) < 4.78 is 19.7. The molecule has 0 aromatic carbocycles. The first-order valence-corrected chi connectivity index (χ1v) is 8.54. The second kappa shape index (κ2) is 6.87. The summed E-state index contributed by atoms with van der Waals surface area (Å²) in [6, 6.07) is 0.536. The van der Waals surface area contributed by atoms with Crippen LogP contribution in [0.3, 0.4) is 0 Å². The van der Waals surface area contributed by atoms with E-state index in [1.165, 1.54) is 32.1 Å². The Hall–Kier alpha value is 0.260. The van der Waals surface area contributed by atoms with Crippen molar-refractivity contribution in [2.45, 2.75) is 38.1 Å².